The maximum atomic E-state index is 13.5. The van der Waals surface area contributed by atoms with Crippen LogP contribution >= 0.6 is 23.1 Å². The van der Waals surface area contributed by atoms with Crippen molar-refractivity contribution in [3.05, 3.63) is 123 Å². The van der Waals surface area contributed by atoms with Crippen molar-refractivity contribution in [1.82, 2.24) is 4.68 Å². The highest BCUT2D eigenvalue weighted by Crippen LogP contribution is 2.44. The van der Waals surface area contributed by atoms with Gasteiger partial charge in [0, 0.05) is 32.9 Å². The zero-order valence-electron chi connectivity index (χ0n) is 20.5. The van der Waals surface area contributed by atoms with Crippen LogP contribution in [0.25, 0.3) is 11.3 Å². The Morgan fingerprint density at radius 3 is 2.56 bits per heavy atom. The molecule has 0 bridgehead atoms. The van der Waals surface area contributed by atoms with E-state index in [2.05, 4.69) is 34.6 Å². The van der Waals surface area contributed by atoms with Crippen molar-refractivity contribution < 1.29 is 9.31 Å². The number of halogens is 1. The average Bonchev–Trinajstić information content (AvgIpc) is 3.34. The van der Waals surface area contributed by atoms with Crippen LogP contribution in [0, 0.1) is 15.9 Å². The average molecular weight is 554 g/mol. The van der Waals surface area contributed by atoms with Crippen molar-refractivity contribution in [3.63, 3.8) is 0 Å². The maximum absolute atomic E-state index is 13.5. The number of para-hydroxylation sites is 1. The lowest BCUT2D eigenvalue weighted by Crippen LogP contribution is -2.14. The Labute approximate surface area is 231 Å². The number of fused-ring (bicyclic) bond motifs is 2. The topological polar surface area (TPSA) is 84.8 Å². The quantitative estimate of drug-likeness (QED) is 0.133. The van der Waals surface area contributed by atoms with E-state index in [9.17, 15) is 14.5 Å². The van der Waals surface area contributed by atoms with Crippen molar-refractivity contribution in [1.29, 1.82) is 0 Å². The van der Waals surface area contributed by atoms with Crippen molar-refractivity contribution in [2.24, 2.45) is 10.1 Å². The van der Waals surface area contributed by atoms with E-state index in [0.717, 1.165) is 27.5 Å². The van der Waals surface area contributed by atoms with Gasteiger partial charge in [0.15, 0.2) is 0 Å². The molecule has 1 aliphatic heterocycles. The molecule has 0 radical (unpaired) electrons. The Bertz CT molecular complexity index is 1830. The number of thiazole rings is 1. The first-order chi connectivity index (χ1) is 18.9. The van der Waals surface area contributed by atoms with E-state index >= 15 is 0 Å². The largest absolute Gasteiger partial charge is 0.354 e. The predicted octanol–water partition coefficient (Wildman–Crippen LogP) is 7.98. The highest BCUT2D eigenvalue weighted by Gasteiger charge is 2.17. The van der Waals surface area contributed by atoms with E-state index < -0.39 is 4.92 Å². The molecule has 6 rings (SSSR count). The van der Waals surface area contributed by atoms with E-state index in [0.29, 0.717) is 21.7 Å². The van der Waals surface area contributed by atoms with Gasteiger partial charge >= 0.3 is 0 Å². The van der Waals surface area contributed by atoms with Crippen LogP contribution in [-0.4, -0.2) is 15.3 Å². The number of nitrogens with one attached hydrogen (secondary N) is 1. The minimum Gasteiger partial charge on any atom is -0.354 e. The lowest BCUT2D eigenvalue weighted by molar-refractivity contribution is -0.384. The fourth-order valence-electron chi connectivity index (χ4n) is 4.15. The zero-order chi connectivity index (χ0) is 26.9. The number of rotatable bonds is 5. The molecule has 0 saturated heterocycles. The number of nitro benzene ring substituents is 1. The summed E-state index contributed by atoms with van der Waals surface area (Å²) >= 11 is 3.06. The summed E-state index contributed by atoms with van der Waals surface area (Å²) in [4.78, 5) is 18.5. The summed E-state index contributed by atoms with van der Waals surface area (Å²) in [5.41, 5.74) is 5.55. The van der Waals surface area contributed by atoms with Gasteiger partial charge in [-0.15, -0.1) is 11.3 Å². The molecule has 1 aliphatic rings. The number of hydrogen-bond acceptors (Lipinski definition) is 7. The molecule has 0 fully saturated rings. The first-order valence-electron chi connectivity index (χ1n) is 11.9. The lowest BCUT2D eigenvalue weighted by atomic mass is 10.1. The molecule has 2 heterocycles. The Balaban J connectivity index is 1.45. The molecular formula is C29H20FN5O2S2. The van der Waals surface area contributed by atoms with Gasteiger partial charge in [-0.2, -0.15) is 5.10 Å². The van der Waals surface area contributed by atoms with Crippen molar-refractivity contribution in [2.75, 3.05) is 5.32 Å². The third kappa shape index (κ3) is 5.12. The second kappa shape index (κ2) is 10.3. The van der Waals surface area contributed by atoms with Gasteiger partial charge in [0.1, 0.15) is 5.82 Å². The predicted molar refractivity (Wildman–Crippen MR) is 154 cm³/mol. The number of hydrogen-bond donors (Lipinski definition) is 1. The Morgan fingerprint density at radius 1 is 0.949 bits per heavy atom. The molecule has 10 heteroatoms. The third-order valence-electron chi connectivity index (χ3n) is 6.11. The van der Waals surface area contributed by atoms with Crippen LogP contribution in [0.3, 0.4) is 0 Å². The molecule has 0 unspecified atom stereocenters. The molecule has 0 aliphatic carbocycles. The number of aromatic nitrogens is 1. The second-order valence-corrected chi connectivity index (χ2v) is 10.7. The van der Waals surface area contributed by atoms with Crippen LogP contribution in [0.5, 0.6) is 0 Å². The van der Waals surface area contributed by atoms with E-state index in [1.807, 2.05) is 30.5 Å². The van der Waals surface area contributed by atoms with Crippen LogP contribution in [0.4, 0.5) is 27.1 Å². The first-order valence-corrected chi connectivity index (χ1v) is 13.6. The maximum Gasteiger partial charge on any atom is 0.270 e. The van der Waals surface area contributed by atoms with Gasteiger partial charge in [0.2, 0.25) is 4.80 Å². The molecule has 5 aromatic rings. The van der Waals surface area contributed by atoms with E-state index in [1.165, 1.54) is 40.5 Å². The molecule has 0 spiro atoms. The van der Waals surface area contributed by atoms with Crippen molar-refractivity contribution in [3.8, 4) is 11.3 Å². The fraction of sp³-hybridized carbons (Fsp3) is 0.0345. The lowest BCUT2D eigenvalue weighted by Gasteiger charge is -2.21. The normalized spacial score (nSPS) is 13.0. The number of nitro groups is 1. The summed E-state index contributed by atoms with van der Waals surface area (Å²) in [5, 5.41) is 21.7. The van der Waals surface area contributed by atoms with E-state index in [-0.39, 0.29) is 11.5 Å². The van der Waals surface area contributed by atoms with Gasteiger partial charge in [-0.05, 0) is 61.0 Å². The molecule has 1 N–H and O–H groups in total. The standard InChI is InChI=1S/C29H20FN5O2S2/c1-18(19-9-14-28-25(16-19)32-24-7-2-3-8-27(24)39-28)33-34-26(20-5-4-6-23(15-20)35(36)37)17-38-29(34)31-22-12-10-21(30)11-13-22/h2-17,32H,1H3. The summed E-state index contributed by atoms with van der Waals surface area (Å²) in [6, 6.07) is 26.6. The van der Waals surface area contributed by atoms with Crippen LogP contribution in [0.1, 0.15) is 12.5 Å². The Hall–Kier alpha value is -4.54. The Morgan fingerprint density at radius 2 is 1.74 bits per heavy atom. The molecule has 39 heavy (non-hydrogen) atoms. The van der Waals surface area contributed by atoms with Crippen molar-refractivity contribution >= 4 is 51.6 Å². The van der Waals surface area contributed by atoms with Crippen LogP contribution in [0.2, 0.25) is 0 Å². The minimum absolute atomic E-state index is 0.0125. The molecule has 0 amide bonds. The van der Waals surface area contributed by atoms with Gasteiger partial charge in [0.05, 0.1) is 33.4 Å². The summed E-state index contributed by atoms with van der Waals surface area (Å²) in [6.45, 7) is 1.91. The number of benzene rings is 4. The number of anilines is 2. The van der Waals surface area contributed by atoms with Gasteiger partial charge in [-0.25, -0.2) is 14.1 Å². The monoisotopic (exact) mass is 553 g/mol. The Kier molecular flexibility index (Phi) is 6.55. The molecule has 1 aromatic heterocycles. The second-order valence-electron chi connectivity index (χ2n) is 8.73. The fourth-order valence-corrected chi connectivity index (χ4v) is 5.97. The molecule has 0 saturated carbocycles. The molecule has 7 nitrogen and oxygen atoms in total. The molecule has 4 aromatic carbocycles. The molecule has 0 atom stereocenters. The van der Waals surface area contributed by atoms with E-state index in [4.69, 9.17) is 5.10 Å². The summed E-state index contributed by atoms with van der Waals surface area (Å²) in [6.07, 6.45) is 0. The van der Waals surface area contributed by atoms with Crippen LogP contribution in [0.15, 0.2) is 116 Å². The van der Waals surface area contributed by atoms with Gasteiger partial charge in [-0.3, -0.25) is 10.1 Å². The number of non-ortho nitro benzene ring substituents is 1. The summed E-state index contributed by atoms with van der Waals surface area (Å²) in [5.74, 6) is -0.346. The van der Waals surface area contributed by atoms with Gasteiger partial charge < -0.3 is 5.32 Å². The van der Waals surface area contributed by atoms with Crippen LogP contribution in [-0.2, 0) is 0 Å². The molecule has 192 valence electrons. The van der Waals surface area contributed by atoms with E-state index in [1.54, 1.807) is 40.7 Å². The van der Waals surface area contributed by atoms with Crippen LogP contribution < -0.4 is 10.1 Å². The third-order valence-corrected chi connectivity index (χ3v) is 8.08. The first kappa shape index (κ1) is 24.8. The smallest absolute Gasteiger partial charge is 0.270 e. The van der Waals surface area contributed by atoms with Crippen molar-refractivity contribution in [2.45, 2.75) is 16.7 Å². The zero-order valence-corrected chi connectivity index (χ0v) is 22.2. The van der Waals surface area contributed by atoms with Gasteiger partial charge in [0.25, 0.3) is 5.69 Å². The highest BCUT2D eigenvalue weighted by atomic mass is 32.2. The highest BCUT2D eigenvalue weighted by molar-refractivity contribution is 7.99. The minimum atomic E-state index is -0.422. The van der Waals surface area contributed by atoms with Gasteiger partial charge in [-0.1, -0.05) is 42.1 Å². The summed E-state index contributed by atoms with van der Waals surface area (Å²) in [7, 11) is 0. The molecular weight excluding hydrogens is 533 g/mol. The SMILES string of the molecule is CC(=Nn1c(-c2cccc([N+](=O)[O-])c2)csc1=Nc1ccc(F)cc1)c1ccc2c(c1)Nc1ccccc1S2. The number of nitrogens with zero attached hydrogens (tertiary/aromatic N) is 4. The summed E-state index contributed by atoms with van der Waals surface area (Å²) < 4.78 is 15.1.